The Balaban J connectivity index is 1.19. The Morgan fingerprint density at radius 2 is 1.69 bits per heavy atom. The van der Waals surface area contributed by atoms with Gasteiger partial charge in [0.05, 0.1) is 6.04 Å². The topological polar surface area (TPSA) is 62.7 Å². The second-order valence-corrected chi connectivity index (χ2v) is 9.24. The minimum absolute atomic E-state index is 0.0667. The second-order valence-electron chi connectivity index (χ2n) is 9.24. The molecule has 1 atom stereocenters. The number of carbonyl (C=O) groups is 2. The molecule has 0 bridgehead atoms. The van der Waals surface area contributed by atoms with Crippen LogP contribution < -0.4 is 4.74 Å². The SMILES string of the molecule is O=C(C1CC1)N1CCC(Oc2ccc(C(=O)N3CCCCC3c3cccnc3)cc2)CC1. The molecule has 2 saturated heterocycles. The Morgan fingerprint density at radius 1 is 0.906 bits per heavy atom. The van der Waals surface area contributed by atoms with Gasteiger partial charge in [0.2, 0.25) is 5.91 Å². The highest BCUT2D eigenvalue weighted by Crippen LogP contribution is 2.33. The lowest BCUT2D eigenvalue weighted by atomic mass is 9.95. The number of ether oxygens (including phenoxy) is 1. The molecular weight excluding hydrogens is 402 g/mol. The number of benzene rings is 1. The van der Waals surface area contributed by atoms with E-state index in [-0.39, 0.29) is 24.0 Å². The van der Waals surface area contributed by atoms with Gasteiger partial charge in [0, 0.05) is 56.4 Å². The molecule has 2 aliphatic heterocycles. The predicted molar refractivity (Wildman–Crippen MR) is 121 cm³/mol. The third-order valence-corrected chi connectivity index (χ3v) is 6.92. The Morgan fingerprint density at radius 3 is 2.38 bits per heavy atom. The van der Waals surface area contributed by atoms with Crippen molar-refractivity contribution in [2.24, 2.45) is 5.92 Å². The predicted octanol–water partition coefficient (Wildman–Crippen LogP) is 4.23. The van der Waals surface area contributed by atoms with Crippen LogP contribution in [0.2, 0.25) is 0 Å². The van der Waals surface area contributed by atoms with Gasteiger partial charge in [-0.2, -0.15) is 0 Å². The van der Waals surface area contributed by atoms with E-state index in [2.05, 4.69) is 11.1 Å². The Labute approximate surface area is 189 Å². The lowest BCUT2D eigenvalue weighted by Gasteiger charge is -2.36. The molecule has 0 radical (unpaired) electrons. The Hall–Kier alpha value is -2.89. The van der Waals surface area contributed by atoms with Crippen molar-refractivity contribution in [2.75, 3.05) is 19.6 Å². The maximum absolute atomic E-state index is 13.3. The summed E-state index contributed by atoms with van der Waals surface area (Å²) in [5.41, 5.74) is 1.80. The van der Waals surface area contributed by atoms with E-state index in [1.54, 1.807) is 6.20 Å². The maximum Gasteiger partial charge on any atom is 0.254 e. The molecule has 1 aromatic carbocycles. The minimum atomic E-state index is 0.0667. The molecule has 5 rings (SSSR count). The highest BCUT2D eigenvalue weighted by atomic mass is 16.5. The number of likely N-dealkylation sites (tertiary alicyclic amines) is 2. The molecule has 6 heteroatoms. The average Bonchev–Trinajstić information content (AvgIpc) is 3.70. The lowest BCUT2D eigenvalue weighted by Crippen LogP contribution is -2.42. The number of hydrogen-bond acceptors (Lipinski definition) is 4. The van der Waals surface area contributed by atoms with Gasteiger partial charge < -0.3 is 14.5 Å². The van der Waals surface area contributed by atoms with E-state index in [4.69, 9.17) is 4.74 Å². The first-order valence-corrected chi connectivity index (χ1v) is 12.0. The zero-order chi connectivity index (χ0) is 21.9. The van der Waals surface area contributed by atoms with E-state index < -0.39 is 0 Å². The van der Waals surface area contributed by atoms with Crippen LogP contribution in [-0.2, 0) is 4.79 Å². The van der Waals surface area contributed by atoms with Crippen LogP contribution in [0.25, 0.3) is 0 Å². The summed E-state index contributed by atoms with van der Waals surface area (Å²) in [6.45, 7) is 2.33. The number of pyridine rings is 1. The summed E-state index contributed by atoms with van der Waals surface area (Å²) in [4.78, 5) is 33.7. The molecule has 0 spiro atoms. The average molecular weight is 434 g/mol. The number of hydrogen-bond donors (Lipinski definition) is 0. The molecule has 1 unspecified atom stereocenters. The molecule has 32 heavy (non-hydrogen) atoms. The summed E-state index contributed by atoms with van der Waals surface area (Å²) in [6.07, 6.45) is 10.7. The first-order valence-electron chi connectivity index (χ1n) is 12.0. The number of nitrogens with zero attached hydrogens (tertiary/aromatic N) is 3. The molecule has 1 aromatic heterocycles. The van der Waals surface area contributed by atoms with Crippen LogP contribution in [0.3, 0.4) is 0 Å². The van der Waals surface area contributed by atoms with Crippen molar-refractivity contribution in [3.63, 3.8) is 0 Å². The molecule has 3 heterocycles. The summed E-state index contributed by atoms with van der Waals surface area (Å²) >= 11 is 0. The number of amides is 2. The molecule has 6 nitrogen and oxygen atoms in total. The molecule has 2 amide bonds. The molecule has 3 aliphatic rings. The zero-order valence-electron chi connectivity index (χ0n) is 18.5. The van der Waals surface area contributed by atoms with Gasteiger partial charge in [0.25, 0.3) is 5.91 Å². The molecule has 168 valence electrons. The largest absolute Gasteiger partial charge is 0.490 e. The summed E-state index contributed by atoms with van der Waals surface area (Å²) in [5, 5.41) is 0. The van der Waals surface area contributed by atoms with Crippen molar-refractivity contribution in [2.45, 2.75) is 57.1 Å². The minimum Gasteiger partial charge on any atom is -0.490 e. The van der Waals surface area contributed by atoms with Gasteiger partial charge in [-0.1, -0.05) is 6.07 Å². The fraction of sp³-hybridized carbons (Fsp3) is 0.500. The fourth-order valence-corrected chi connectivity index (χ4v) is 4.91. The van der Waals surface area contributed by atoms with Gasteiger partial charge >= 0.3 is 0 Å². The maximum atomic E-state index is 13.3. The number of carbonyl (C=O) groups excluding carboxylic acids is 2. The third kappa shape index (κ3) is 4.64. The van der Waals surface area contributed by atoms with Crippen molar-refractivity contribution in [3.8, 4) is 5.75 Å². The van der Waals surface area contributed by atoms with Gasteiger partial charge in [-0.05, 0) is 68.0 Å². The second kappa shape index (κ2) is 9.31. The fourth-order valence-electron chi connectivity index (χ4n) is 4.91. The van der Waals surface area contributed by atoms with E-state index in [0.29, 0.717) is 11.5 Å². The lowest BCUT2D eigenvalue weighted by molar-refractivity contribution is -0.134. The van der Waals surface area contributed by atoms with Gasteiger partial charge in [0.15, 0.2) is 0 Å². The zero-order valence-corrected chi connectivity index (χ0v) is 18.5. The Bertz CT molecular complexity index is 935. The van der Waals surface area contributed by atoms with Crippen molar-refractivity contribution in [3.05, 3.63) is 59.9 Å². The number of aromatic nitrogens is 1. The van der Waals surface area contributed by atoms with Crippen molar-refractivity contribution < 1.29 is 14.3 Å². The monoisotopic (exact) mass is 433 g/mol. The van der Waals surface area contributed by atoms with Crippen molar-refractivity contribution in [1.29, 1.82) is 0 Å². The highest BCUT2D eigenvalue weighted by Gasteiger charge is 2.35. The van der Waals surface area contributed by atoms with E-state index in [0.717, 1.165) is 75.9 Å². The smallest absolute Gasteiger partial charge is 0.254 e. The number of piperidine rings is 2. The van der Waals surface area contributed by atoms with Crippen LogP contribution in [0.4, 0.5) is 0 Å². The van der Waals surface area contributed by atoms with Gasteiger partial charge in [-0.15, -0.1) is 0 Å². The quantitative estimate of drug-likeness (QED) is 0.708. The van der Waals surface area contributed by atoms with E-state index in [1.807, 2.05) is 46.3 Å². The van der Waals surface area contributed by atoms with Crippen LogP contribution in [-0.4, -0.2) is 52.3 Å². The molecule has 0 N–H and O–H groups in total. The summed E-state index contributed by atoms with van der Waals surface area (Å²) < 4.78 is 6.16. The first-order chi connectivity index (χ1) is 15.7. The van der Waals surface area contributed by atoms with Crippen LogP contribution in [0.5, 0.6) is 5.75 Å². The first kappa shape index (κ1) is 21.0. The normalized spacial score (nSPS) is 21.9. The van der Waals surface area contributed by atoms with E-state index in [9.17, 15) is 9.59 Å². The third-order valence-electron chi connectivity index (χ3n) is 6.92. The molecular formula is C26H31N3O3. The van der Waals surface area contributed by atoms with Crippen LogP contribution in [0, 0.1) is 5.92 Å². The van der Waals surface area contributed by atoms with Gasteiger partial charge in [-0.25, -0.2) is 0 Å². The van der Waals surface area contributed by atoms with E-state index >= 15 is 0 Å². The van der Waals surface area contributed by atoms with E-state index in [1.165, 1.54) is 0 Å². The summed E-state index contributed by atoms with van der Waals surface area (Å²) in [7, 11) is 0. The van der Waals surface area contributed by atoms with Gasteiger partial charge in [-0.3, -0.25) is 14.6 Å². The highest BCUT2D eigenvalue weighted by molar-refractivity contribution is 5.94. The summed E-state index contributed by atoms with van der Waals surface area (Å²) in [5.74, 6) is 1.47. The van der Waals surface area contributed by atoms with Crippen LogP contribution in [0.1, 0.15) is 66.9 Å². The number of rotatable bonds is 5. The van der Waals surface area contributed by atoms with Crippen molar-refractivity contribution >= 4 is 11.8 Å². The molecule has 1 aliphatic carbocycles. The van der Waals surface area contributed by atoms with Crippen LogP contribution >= 0.6 is 0 Å². The van der Waals surface area contributed by atoms with Gasteiger partial charge in [0.1, 0.15) is 11.9 Å². The van der Waals surface area contributed by atoms with Crippen LogP contribution in [0.15, 0.2) is 48.8 Å². The van der Waals surface area contributed by atoms with Crippen molar-refractivity contribution in [1.82, 2.24) is 14.8 Å². The molecule has 2 aromatic rings. The molecule has 3 fully saturated rings. The standard InChI is InChI=1S/C26H31N3O3/c30-25(19-6-7-19)28-16-12-23(13-17-28)32-22-10-8-20(9-11-22)26(31)29-15-2-1-5-24(29)21-4-3-14-27-18-21/h3-4,8-11,14,18-19,23-24H,1-2,5-7,12-13,15-17H2. The molecule has 1 saturated carbocycles. The Kier molecular flexibility index (Phi) is 6.10. The summed E-state index contributed by atoms with van der Waals surface area (Å²) in [6, 6.07) is 11.6.